The first-order chi connectivity index (χ1) is 9.52. The normalized spacial score (nSPS) is 18.4. The molecule has 4 nitrogen and oxygen atoms in total. The van der Waals surface area contributed by atoms with Crippen LogP contribution < -0.4 is 0 Å². The van der Waals surface area contributed by atoms with Crippen LogP contribution in [0.25, 0.3) is 0 Å². The van der Waals surface area contributed by atoms with E-state index in [1.807, 2.05) is 0 Å². The number of likely N-dealkylation sites (tertiary alicyclic amines) is 1. The third-order valence-electron chi connectivity index (χ3n) is 4.31. The summed E-state index contributed by atoms with van der Waals surface area (Å²) in [5.74, 6) is 1.03. The third kappa shape index (κ3) is 3.41. The van der Waals surface area contributed by atoms with Crippen LogP contribution >= 0.6 is 0 Å². The zero-order chi connectivity index (χ0) is 14.7. The Morgan fingerprint density at radius 1 is 1.20 bits per heavy atom. The molecule has 20 heavy (non-hydrogen) atoms. The summed E-state index contributed by atoms with van der Waals surface area (Å²) in [5.41, 5.74) is 2.66. The highest BCUT2D eigenvalue weighted by atomic mass is 16.3. The fourth-order valence-electron chi connectivity index (χ4n) is 3.05. The monoisotopic (exact) mass is 279 g/mol. The van der Waals surface area contributed by atoms with Gasteiger partial charge >= 0.3 is 0 Å². The summed E-state index contributed by atoms with van der Waals surface area (Å²) in [4.78, 5) is 2.34. The smallest absolute Gasteiger partial charge is 0.0684 e. The Morgan fingerprint density at radius 3 is 2.30 bits per heavy atom. The van der Waals surface area contributed by atoms with E-state index in [-0.39, 0.29) is 6.61 Å². The number of hydrogen-bond donors (Lipinski definition) is 1. The van der Waals surface area contributed by atoms with E-state index in [9.17, 15) is 0 Å². The molecule has 0 saturated carbocycles. The molecule has 1 N–H and O–H groups in total. The molecule has 0 aliphatic carbocycles. The highest BCUT2D eigenvalue weighted by molar-refractivity contribution is 5.23. The van der Waals surface area contributed by atoms with E-state index in [0.717, 1.165) is 32.5 Å². The van der Waals surface area contributed by atoms with E-state index in [0.29, 0.717) is 17.9 Å². The third-order valence-corrected chi connectivity index (χ3v) is 4.31. The van der Waals surface area contributed by atoms with Crippen LogP contribution in [0.3, 0.4) is 0 Å². The van der Waals surface area contributed by atoms with Gasteiger partial charge in [0.2, 0.25) is 0 Å². The topological polar surface area (TPSA) is 41.3 Å². The molecule has 0 bridgehead atoms. The molecular weight excluding hydrogens is 250 g/mol. The Balaban J connectivity index is 2.08. The van der Waals surface area contributed by atoms with Crippen molar-refractivity contribution in [3.63, 3.8) is 0 Å². The SMILES string of the molecule is CC(C)c1cn(C2CCN(CCO)CC2)nc1C(C)C. The van der Waals surface area contributed by atoms with E-state index in [1.54, 1.807) is 0 Å². The molecule has 0 atom stereocenters. The average molecular weight is 279 g/mol. The van der Waals surface area contributed by atoms with E-state index in [2.05, 4.69) is 43.5 Å². The number of hydrogen-bond acceptors (Lipinski definition) is 3. The van der Waals surface area contributed by atoms with Crippen molar-refractivity contribution in [1.82, 2.24) is 14.7 Å². The van der Waals surface area contributed by atoms with Crippen molar-refractivity contribution in [1.29, 1.82) is 0 Å². The largest absolute Gasteiger partial charge is 0.395 e. The number of rotatable bonds is 5. The van der Waals surface area contributed by atoms with Gasteiger partial charge in [-0.2, -0.15) is 5.10 Å². The highest BCUT2D eigenvalue weighted by Crippen LogP contribution is 2.29. The van der Waals surface area contributed by atoms with E-state index >= 15 is 0 Å². The first kappa shape index (κ1) is 15.5. The predicted octanol–water partition coefficient (Wildman–Crippen LogP) is 2.76. The minimum Gasteiger partial charge on any atom is -0.395 e. The van der Waals surface area contributed by atoms with Gasteiger partial charge in [-0.1, -0.05) is 27.7 Å². The molecule has 0 radical (unpaired) electrons. The fourth-order valence-corrected chi connectivity index (χ4v) is 3.05. The quantitative estimate of drug-likeness (QED) is 0.901. The van der Waals surface area contributed by atoms with Crippen molar-refractivity contribution in [2.45, 2.75) is 58.4 Å². The van der Waals surface area contributed by atoms with Crippen LogP contribution in [0.4, 0.5) is 0 Å². The lowest BCUT2D eigenvalue weighted by Crippen LogP contribution is -2.36. The summed E-state index contributed by atoms with van der Waals surface area (Å²) < 4.78 is 2.21. The first-order valence-corrected chi connectivity index (χ1v) is 7.95. The van der Waals surface area contributed by atoms with Crippen LogP contribution in [0.2, 0.25) is 0 Å². The molecule has 1 saturated heterocycles. The molecular formula is C16H29N3O. The first-order valence-electron chi connectivity index (χ1n) is 7.95. The van der Waals surface area contributed by atoms with Crippen LogP contribution in [0.5, 0.6) is 0 Å². The Morgan fingerprint density at radius 2 is 1.85 bits per heavy atom. The molecule has 0 spiro atoms. The zero-order valence-electron chi connectivity index (χ0n) is 13.3. The summed E-state index contributed by atoms with van der Waals surface area (Å²) in [6, 6.07) is 0.523. The van der Waals surface area contributed by atoms with Gasteiger partial charge in [0.25, 0.3) is 0 Å². The van der Waals surface area contributed by atoms with Gasteiger partial charge in [0.05, 0.1) is 18.3 Å². The Bertz CT molecular complexity index is 392. The summed E-state index contributed by atoms with van der Waals surface area (Å²) in [7, 11) is 0. The van der Waals surface area contributed by atoms with Gasteiger partial charge in [0.15, 0.2) is 0 Å². The minimum absolute atomic E-state index is 0.265. The average Bonchev–Trinajstić information content (AvgIpc) is 2.85. The predicted molar refractivity (Wildman–Crippen MR) is 82.2 cm³/mol. The lowest BCUT2D eigenvalue weighted by molar-refractivity contribution is 0.145. The van der Waals surface area contributed by atoms with Crippen LogP contribution in [-0.4, -0.2) is 46.0 Å². The number of piperidine rings is 1. The fraction of sp³-hybridized carbons (Fsp3) is 0.812. The zero-order valence-corrected chi connectivity index (χ0v) is 13.3. The number of β-amino-alcohol motifs (C(OH)–C–C–N with tert-alkyl or cyclic N) is 1. The van der Waals surface area contributed by atoms with Crippen molar-refractivity contribution >= 4 is 0 Å². The molecule has 1 aliphatic heterocycles. The van der Waals surface area contributed by atoms with Gasteiger partial charge < -0.3 is 10.0 Å². The lowest BCUT2D eigenvalue weighted by Gasteiger charge is -2.31. The van der Waals surface area contributed by atoms with Gasteiger partial charge in [0.1, 0.15) is 0 Å². The molecule has 2 heterocycles. The van der Waals surface area contributed by atoms with Gasteiger partial charge in [-0.05, 0) is 30.2 Å². The Labute approximate surface area is 122 Å². The number of nitrogens with zero attached hydrogens (tertiary/aromatic N) is 3. The minimum atomic E-state index is 0.265. The molecule has 4 heteroatoms. The molecule has 0 unspecified atom stereocenters. The second kappa shape index (κ2) is 6.72. The second-order valence-corrected chi connectivity index (χ2v) is 6.56. The van der Waals surface area contributed by atoms with Crippen LogP contribution in [0.1, 0.15) is 69.7 Å². The molecule has 1 aromatic heterocycles. The molecule has 0 amide bonds. The maximum absolute atomic E-state index is 9.00. The molecule has 0 aromatic carbocycles. The van der Waals surface area contributed by atoms with Crippen molar-refractivity contribution in [2.24, 2.45) is 0 Å². The molecule has 1 aromatic rings. The summed E-state index contributed by atoms with van der Waals surface area (Å²) in [6.45, 7) is 12.2. The van der Waals surface area contributed by atoms with Crippen molar-refractivity contribution < 1.29 is 5.11 Å². The molecule has 2 rings (SSSR count). The Hall–Kier alpha value is -0.870. The van der Waals surface area contributed by atoms with Crippen molar-refractivity contribution in [3.8, 4) is 0 Å². The van der Waals surface area contributed by atoms with Crippen LogP contribution in [0, 0.1) is 0 Å². The molecule has 114 valence electrons. The Kier molecular flexibility index (Phi) is 5.22. The van der Waals surface area contributed by atoms with E-state index in [1.165, 1.54) is 11.3 Å². The number of aliphatic hydroxyl groups is 1. The molecule has 1 aliphatic rings. The number of aromatic nitrogens is 2. The van der Waals surface area contributed by atoms with Gasteiger partial charge in [-0.15, -0.1) is 0 Å². The van der Waals surface area contributed by atoms with E-state index < -0.39 is 0 Å². The standard InChI is InChI=1S/C16H29N3O/c1-12(2)15-11-19(17-16(15)13(3)4)14-5-7-18(8-6-14)9-10-20/h11-14,20H,5-10H2,1-4H3. The maximum atomic E-state index is 9.00. The maximum Gasteiger partial charge on any atom is 0.0684 e. The number of aliphatic hydroxyl groups excluding tert-OH is 1. The van der Waals surface area contributed by atoms with Gasteiger partial charge in [-0.3, -0.25) is 4.68 Å². The molecule has 1 fully saturated rings. The van der Waals surface area contributed by atoms with Gasteiger partial charge in [-0.25, -0.2) is 0 Å². The van der Waals surface area contributed by atoms with E-state index in [4.69, 9.17) is 10.2 Å². The summed E-state index contributed by atoms with van der Waals surface area (Å²) in [5, 5.41) is 13.9. The van der Waals surface area contributed by atoms with Crippen LogP contribution in [-0.2, 0) is 0 Å². The lowest BCUT2D eigenvalue weighted by atomic mass is 9.98. The summed E-state index contributed by atoms with van der Waals surface area (Å²) in [6.07, 6.45) is 4.54. The van der Waals surface area contributed by atoms with Crippen molar-refractivity contribution in [2.75, 3.05) is 26.2 Å². The van der Waals surface area contributed by atoms with Gasteiger partial charge in [0, 0.05) is 25.8 Å². The second-order valence-electron chi connectivity index (χ2n) is 6.56. The van der Waals surface area contributed by atoms with Crippen molar-refractivity contribution in [3.05, 3.63) is 17.5 Å². The van der Waals surface area contributed by atoms with Crippen LogP contribution in [0.15, 0.2) is 6.20 Å². The summed E-state index contributed by atoms with van der Waals surface area (Å²) >= 11 is 0. The highest BCUT2D eigenvalue weighted by Gasteiger charge is 2.23.